The lowest BCUT2D eigenvalue weighted by atomic mass is 10.2. The largest absolute Gasteiger partial charge is 0.486 e. The van der Waals surface area contributed by atoms with Gasteiger partial charge in [-0.15, -0.1) is 10.2 Å². The number of hydrogen-bond acceptors (Lipinski definition) is 6. The fourth-order valence-electron chi connectivity index (χ4n) is 3.84. The fourth-order valence-corrected chi connectivity index (χ4v) is 4.78. The van der Waals surface area contributed by atoms with Crippen molar-refractivity contribution in [2.45, 2.75) is 51.1 Å². The Hall–Kier alpha value is -2.29. The van der Waals surface area contributed by atoms with Gasteiger partial charge < -0.3 is 18.6 Å². The van der Waals surface area contributed by atoms with Gasteiger partial charge >= 0.3 is 0 Å². The van der Waals surface area contributed by atoms with Gasteiger partial charge in [0, 0.05) is 42.2 Å². The molecule has 170 valence electrons. The van der Waals surface area contributed by atoms with E-state index in [9.17, 15) is 4.79 Å². The van der Waals surface area contributed by atoms with Crippen LogP contribution in [0.3, 0.4) is 0 Å². The molecule has 0 radical (unpaired) electrons. The monoisotopic (exact) mass is 474 g/mol. The van der Waals surface area contributed by atoms with E-state index < -0.39 is 0 Å². The number of benzene rings is 1. The van der Waals surface area contributed by atoms with Crippen molar-refractivity contribution in [1.29, 1.82) is 0 Å². The molecule has 0 saturated carbocycles. The Morgan fingerprint density at radius 1 is 1.28 bits per heavy atom. The normalized spacial score (nSPS) is 15.9. The Morgan fingerprint density at radius 2 is 2.06 bits per heavy atom. The summed E-state index contributed by atoms with van der Waals surface area (Å²) in [5.41, 5.74) is 2.85. The third-order valence-corrected chi connectivity index (χ3v) is 7.00. The average molecular weight is 475 g/mol. The maximum Gasteiger partial charge on any atom is 0.191 e. The van der Waals surface area contributed by atoms with Gasteiger partial charge in [-0.25, -0.2) is 0 Å². The number of hydrogen-bond donors (Lipinski definition) is 0. The van der Waals surface area contributed by atoms with Gasteiger partial charge in [-0.05, 0) is 57.0 Å². The molecule has 0 N–H and O–H groups in total. The van der Waals surface area contributed by atoms with E-state index in [4.69, 9.17) is 21.1 Å². The molecule has 9 heteroatoms. The van der Waals surface area contributed by atoms with Crippen molar-refractivity contribution in [3.63, 3.8) is 0 Å². The maximum absolute atomic E-state index is 12.9. The Bertz CT molecular complexity index is 1090. The van der Waals surface area contributed by atoms with Gasteiger partial charge in [-0.2, -0.15) is 0 Å². The number of Topliss-reactive ketones (excluding diaryl/α,β-unsaturated/α-hetero) is 1. The summed E-state index contributed by atoms with van der Waals surface area (Å²) in [7, 11) is 1.88. The minimum absolute atomic E-state index is 0.0867. The number of thioether (sulfide) groups is 1. The zero-order chi connectivity index (χ0) is 22.7. The molecule has 7 nitrogen and oxygen atoms in total. The number of ether oxygens (including phenoxy) is 2. The second-order valence-corrected chi connectivity index (χ2v) is 9.32. The molecule has 0 bridgehead atoms. The molecular formula is C23H27ClN4O3S. The molecule has 2 aromatic heterocycles. The third-order valence-electron chi connectivity index (χ3n) is 5.72. The minimum atomic E-state index is 0.0867. The molecule has 1 aliphatic heterocycles. The number of carbonyl (C=O) groups is 1. The average Bonchev–Trinajstić information content (AvgIpc) is 3.49. The molecule has 32 heavy (non-hydrogen) atoms. The Morgan fingerprint density at radius 3 is 2.78 bits per heavy atom. The lowest BCUT2D eigenvalue weighted by Crippen LogP contribution is -2.17. The fraction of sp³-hybridized carbons (Fsp3) is 0.435. The maximum atomic E-state index is 12.9. The summed E-state index contributed by atoms with van der Waals surface area (Å²) in [5.74, 6) is 1.78. The van der Waals surface area contributed by atoms with Crippen molar-refractivity contribution in [3.8, 4) is 5.75 Å². The number of aromatic nitrogens is 4. The van der Waals surface area contributed by atoms with E-state index >= 15 is 0 Å². The number of carbonyl (C=O) groups excluding carboxylic acids is 1. The summed E-state index contributed by atoms with van der Waals surface area (Å²) in [6.07, 6.45) is 2.42. The molecule has 4 rings (SSSR count). The van der Waals surface area contributed by atoms with Crippen molar-refractivity contribution < 1.29 is 14.3 Å². The zero-order valence-electron chi connectivity index (χ0n) is 18.5. The van der Waals surface area contributed by atoms with Crippen LogP contribution in [0.15, 0.2) is 35.5 Å². The van der Waals surface area contributed by atoms with E-state index in [0.717, 1.165) is 42.9 Å². The van der Waals surface area contributed by atoms with E-state index in [1.165, 1.54) is 11.8 Å². The lowest BCUT2D eigenvalue weighted by Gasteiger charge is -2.14. The quantitative estimate of drug-likeness (QED) is 0.333. The van der Waals surface area contributed by atoms with Gasteiger partial charge in [0.05, 0.1) is 11.9 Å². The molecule has 1 aliphatic rings. The van der Waals surface area contributed by atoms with Crippen LogP contribution in [-0.4, -0.2) is 43.6 Å². The van der Waals surface area contributed by atoms with Gasteiger partial charge in [0.15, 0.2) is 16.8 Å². The number of ketones is 1. The highest BCUT2D eigenvalue weighted by molar-refractivity contribution is 7.99. The number of halogens is 1. The van der Waals surface area contributed by atoms with Crippen molar-refractivity contribution in [2.24, 2.45) is 7.05 Å². The summed E-state index contributed by atoms with van der Waals surface area (Å²) in [4.78, 5) is 12.9. The number of aryl methyl sites for hydroxylation is 1. The van der Waals surface area contributed by atoms with E-state index in [1.807, 2.05) is 43.7 Å². The molecule has 1 saturated heterocycles. The predicted molar refractivity (Wildman–Crippen MR) is 125 cm³/mol. The number of nitrogens with zero attached hydrogens (tertiary/aromatic N) is 4. The van der Waals surface area contributed by atoms with Crippen LogP contribution >= 0.6 is 23.4 Å². The van der Waals surface area contributed by atoms with Crippen LogP contribution in [0.2, 0.25) is 5.02 Å². The first-order valence-corrected chi connectivity index (χ1v) is 12.0. The van der Waals surface area contributed by atoms with Gasteiger partial charge in [0.1, 0.15) is 12.4 Å². The standard InChI is InChI=1S/C23H27ClN4O3S/c1-15-11-20(16(2)28(15)12-19-5-4-10-30-19)21(29)14-32-23-26-25-22(27(23)3)13-31-18-8-6-17(24)7-9-18/h6-9,11,19H,4-5,10,12-14H2,1-3H3/t19-/m1/s1. The van der Waals surface area contributed by atoms with E-state index in [0.29, 0.717) is 27.5 Å². The molecule has 0 spiro atoms. The molecule has 1 fully saturated rings. The van der Waals surface area contributed by atoms with Crippen LogP contribution in [0.5, 0.6) is 5.75 Å². The van der Waals surface area contributed by atoms with Crippen molar-refractivity contribution in [3.05, 3.63) is 58.1 Å². The SMILES string of the molecule is Cc1cc(C(=O)CSc2nnc(COc3ccc(Cl)cc3)n2C)c(C)n1C[C@H]1CCCO1. The Labute approximate surface area is 197 Å². The van der Waals surface area contributed by atoms with Crippen molar-refractivity contribution >= 4 is 29.1 Å². The molecule has 1 atom stereocenters. The molecular weight excluding hydrogens is 448 g/mol. The van der Waals surface area contributed by atoms with Gasteiger partial charge in [-0.1, -0.05) is 23.4 Å². The molecule has 0 amide bonds. The van der Waals surface area contributed by atoms with Gasteiger partial charge in [-0.3, -0.25) is 4.79 Å². The highest BCUT2D eigenvalue weighted by Crippen LogP contribution is 2.24. The van der Waals surface area contributed by atoms with E-state index in [-0.39, 0.29) is 18.5 Å². The van der Waals surface area contributed by atoms with Crippen LogP contribution in [0.1, 0.15) is 40.4 Å². The highest BCUT2D eigenvalue weighted by atomic mass is 35.5. The first-order valence-electron chi connectivity index (χ1n) is 10.6. The molecule has 1 aromatic carbocycles. The topological polar surface area (TPSA) is 71.2 Å². The van der Waals surface area contributed by atoms with Gasteiger partial charge in [0.2, 0.25) is 0 Å². The van der Waals surface area contributed by atoms with Crippen LogP contribution in [0, 0.1) is 13.8 Å². The van der Waals surface area contributed by atoms with Gasteiger partial charge in [0.25, 0.3) is 0 Å². The van der Waals surface area contributed by atoms with Crippen LogP contribution < -0.4 is 4.74 Å². The van der Waals surface area contributed by atoms with Crippen LogP contribution in [0.4, 0.5) is 0 Å². The summed E-state index contributed by atoms with van der Waals surface area (Å²) >= 11 is 7.28. The first kappa shape index (κ1) is 22.9. The summed E-state index contributed by atoms with van der Waals surface area (Å²) in [6.45, 7) is 5.97. The van der Waals surface area contributed by atoms with Crippen molar-refractivity contribution in [1.82, 2.24) is 19.3 Å². The second kappa shape index (κ2) is 10.1. The number of rotatable bonds is 9. The molecule has 0 unspecified atom stereocenters. The smallest absolute Gasteiger partial charge is 0.191 e. The predicted octanol–water partition coefficient (Wildman–Crippen LogP) is 4.62. The Balaban J connectivity index is 1.35. The Kier molecular flexibility index (Phi) is 7.23. The zero-order valence-corrected chi connectivity index (χ0v) is 20.1. The summed E-state index contributed by atoms with van der Waals surface area (Å²) in [5, 5.41) is 9.77. The van der Waals surface area contributed by atoms with Crippen molar-refractivity contribution in [2.75, 3.05) is 12.4 Å². The molecule has 3 aromatic rings. The molecule has 0 aliphatic carbocycles. The van der Waals surface area contributed by atoms with E-state index in [1.54, 1.807) is 12.1 Å². The van der Waals surface area contributed by atoms with Crippen LogP contribution in [0.25, 0.3) is 0 Å². The summed E-state index contributed by atoms with van der Waals surface area (Å²) in [6, 6.07) is 9.15. The third kappa shape index (κ3) is 5.19. The summed E-state index contributed by atoms with van der Waals surface area (Å²) < 4.78 is 15.6. The van der Waals surface area contributed by atoms with Crippen LogP contribution in [-0.2, 0) is 24.9 Å². The highest BCUT2D eigenvalue weighted by Gasteiger charge is 2.21. The molecule has 3 heterocycles. The minimum Gasteiger partial charge on any atom is -0.486 e. The van der Waals surface area contributed by atoms with E-state index in [2.05, 4.69) is 14.8 Å². The second-order valence-electron chi connectivity index (χ2n) is 7.94. The first-order chi connectivity index (χ1) is 15.4. The lowest BCUT2D eigenvalue weighted by molar-refractivity contribution is 0.0957.